The first-order chi connectivity index (χ1) is 12.6. The van der Waals surface area contributed by atoms with Crippen molar-refractivity contribution in [2.24, 2.45) is 0 Å². The number of nitrogens with zero attached hydrogens (tertiary/aromatic N) is 2. The molecule has 0 radical (unpaired) electrons. The van der Waals surface area contributed by atoms with Gasteiger partial charge in [0.15, 0.2) is 0 Å². The zero-order valence-corrected chi connectivity index (χ0v) is 15.8. The lowest BCUT2D eigenvalue weighted by Crippen LogP contribution is -2.51. The Morgan fingerprint density at radius 3 is 2.70 bits per heavy atom. The van der Waals surface area contributed by atoms with Crippen molar-refractivity contribution in [1.29, 1.82) is 0 Å². The van der Waals surface area contributed by atoms with E-state index in [2.05, 4.69) is 23.6 Å². The highest BCUT2D eigenvalue weighted by Gasteiger charge is 2.49. The number of carboxylic acids is 1. The molecule has 0 unspecified atom stereocenters. The number of carboxylic acid groups (broad SMARTS) is 1. The van der Waals surface area contributed by atoms with Gasteiger partial charge in [-0.3, -0.25) is 9.69 Å². The molecule has 2 atom stereocenters. The molecule has 2 aliphatic heterocycles. The molecule has 27 heavy (non-hydrogen) atoms. The molecule has 0 amide bonds. The van der Waals surface area contributed by atoms with Crippen LogP contribution >= 0.6 is 0 Å². The van der Waals surface area contributed by atoms with Crippen LogP contribution in [-0.2, 0) is 11.0 Å². The SMILES string of the molecule is CC1(C)C[C@H]2[C@H](CCCN2CCCC(=O)O)N1c1cccc(C(F)(F)F)c1. The van der Waals surface area contributed by atoms with Crippen LogP contribution in [0, 0.1) is 0 Å². The van der Waals surface area contributed by atoms with Gasteiger partial charge in [0.25, 0.3) is 0 Å². The number of anilines is 1. The zero-order chi connectivity index (χ0) is 19.8. The number of alkyl halides is 3. The van der Waals surface area contributed by atoms with Gasteiger partial charge in [-0.1, -0.05) is 6.07 Å². The van der Waals surface area contributed by atoms with Gasteiger partial charge in [0.1, 0.15) is 0 Å². The molecule has 0 aromatic heterocycles. The van der Waals surface area contributed by atoms with E-state index < -0.39 is 17.7 Å². The number of fused-ring (bicyclic) bond motifs is 1. The summed E-state index contributed by atoms with van der Waals surface area (Å²) in [6.45, 7) is 5.81. The van der Waals surface area contributed by atoms with Crippen molar-refractivity contribution < 1.29 is 23.1 Å². The van der Waals surface area contributed by atoms with Crippen LogP contribution in [0.3, 0.4) is 0 Å². The first kappa shape index (κ1) is 20.0. The van der Waals surface area contributed by atoms with E-state index in [0.29, 0.717) is 12.1 Å². The van der Waals surface area contributed by atoms with Crippen LogP contribution in [0.15, 0.2) is 24.3 Å². The largest absolute Gasteiger partial charge is 0.481 e. The van der Waals surface area contributed by atoms with Gasteiger partial charge in [0, 0.05) is 29.7 Å². The number of likely N-dealkylation sites (tertiary alicyclic amines) is 1. The Labute approximate surface area is 158 Å². The number of carbonyl (C=O) groups is 1. The highest BCUT2D eigenvalue weighted by molar-refractivity contribution is 5.66. The topological polar surface area (TPSA) is 43.8 Å². The van der Waals surface area contributed by atoms with Gasteiger partial charge in [-0.25, -0.2) is 0 Å². The fourth-order valence-corrected chi connectivity index (χ4v) is 4.81. The number of hydrogen-bond donors (Lipinski definition) is 1. The van der Waals surface area contributed by atoms with Crippen LogP contribution in [0.4, 0.5) is 18.9 Å². The van der Waals surface area contributed by atoms with E-state index in [0.717, 1.165) is 38.4 Å². The summed E-state index contributed by atoms with van der Waals surface area (Å²) in [5, 5.41) is 8.88. The van der Waals surface area contributed by atoms with Crippen molar-refractivity contribution in [3.05, 3.63) is 29.8 Å². The zero-order valence-electron chi connectivity index (χ0n) is 15.8. The van der Waals surface area contributed by atoms with Crippen LogP contribution in [0.1, 0.15) is 51.5 Å². The van der Waals surface area contributed by atoms with Gasteiger partial charge >= 0.3 is 12.1 Å². The van der Waals surface area contributed by atoms with Crippen molar-refractivity contribution in [2.45, 2.75) is 69.8 Å². The van der Waals surface area contributed by atoms with Crippen molar-refractivity contribution in [3.63, 3.8) is 0 Å². The van der Waals surface area contributed by atoms with E-state index >= 15 is 0 Å². The maximum Gasteiger partial charge on any atom is 0.416 e. The van der Waals surface area contributed by atoms with E-state index in [1.807, 2.05) is 0 Å². The normalized spacial score (nSPS) is 25.4. The summed E-state index contributed by atoms with van der Waals surface area (Å²) in [5.41, 5.74) is -0.252. The van der Waals surface area contributed by atoms with Crippen molar-refractivity contribution >= 4 is 11.7 Å². The number of halogens is 3. The molecule has 3 rings (SSSR count). The Kier molecular flexibility index (Phi) is 5.43. The van der Waals surface area contributed by atoms with Gasteiger partial charge in [0.05, 0.1) is 5.56 Å². The van der Waals surface area contributed by atoms with Crippen molar-refractivity contribution in [3.8, 4) is 0 Å². The number of aliphatic carboxylic acids is 1. The first-order valence-electron chi connectivity index (χ1n) is 9.52. The molecule has 7 heteroatoms. The third-order valence-electron chi connectivity index (χ3n) is 5.84. The van der Waals surface area contributed by atoms with Gasteiger partial charge in [0.2, 0.25) is 0 Å². The van der Waals surface area contributed by atoms with E-state index in [1.54, 1.807) is 6.07 Å². The lowest BCUT2D eigenvalue weighted by Gasteiger charge is -2.42. The Morgan fingerprint density at radius 2 is 2.04 bits per heavy atom. The van der Waals surface area contributed by atoms with Crippen LogP contribution in [0.25, 0.3) is 0 Å². The molecule has 0 saturated carbocycles. The predicted octanol–water partition coefficient (Wildman–Crippen LogP) is 4.39. The van der Waals surface area contributed by atoms with E-state index in [-0.39, 0.29) is 24.0 Å². The Balaban J connectivity index is 1.84. The van der Waals surface area contributed by atoms with Gasteiger partial charge in [-0.05, 0) is 70.8 Å². The second-order valence-corrected chi connectivity index (χ2v) is 8.24. The van der Waals surface area contributed by atoms with Crippen LogP contribution in [-0.4, -0.2) is 46.7 Å². The molecule has 4 nitrogen and oxygen atoms in total. The number of piperidine rings is 1. The monoisotopic (exact) mass is 384 g/mol. The fourth-order valence-electron chi connectivity index (χ4n) is 4.81. The minimum absolute atomic E-state index is 0.147. The summed E-state index contributed by atoms with van der Waals surface area (Å²) >= 11 is 0. The Morgan fingerprint density at radius 1 is 1.30 bits per heavy atom. The lowest BCUT2D eigenvalue weighted by molar-refractivity contribution is -0.138. The second-order valence-electron chi connectivity index (χ2n) is 8.24. The van der Waals surface area contributed by atoms with Crippen LogP contribution < -0.4 is 4.90 Å². The summed E-state index contributed by atoms with van der Waals surface area (Å²) in [7, 11) is 0. The number of benzene rings is 1. The minimum atomic E-state index is -4.35. The summed E-state index contributed by atoms with van der Waals surface area (Å²) in [4.78, 5) is 15.3. The smallest absolute Gasteiger partial charge is 0.416 e. The highest BCUT2D eigenvalue weighted by atomic mass is 19.4. The lowest BCUT2D eigenvalue weighted by atomic mass is 9.94. The number of rotatable bonds is 5. The molecule has 0 aliphatic carbocycles. The third kappa shape index (κ3) is 4.23. The molecule has 0 bridgehead atoms. The standard InChI is InChI=1S/C20H27F3N2O2/c1-19(2)13-17-16(8-4-10-24(17)11-5-9-18(26)27)25(19)15-7-3-6-14(12-15)20(21,22)23/h3,6-7,12,16-17H,4-5,8-11,13H2,1-2H3,(H,26,27)/t16-,17-/m0/s1. The molecular formula is C20H27F3N2O2. The molecule has 1 aromatic carbocycles. The first-order valence-corrected chi connectivity index (χ1v) is 9.52. The average Bonchev–Trinajstić information content (AvgIpc) is 2.84. The summed E-state index contributed by atoms with van der Waals surface area (Å²) in [5.74, 6) is -0.791. The van der Waals surface area contributed by atoms with E-state index in [9.17, 15) is 18.0 Å². The summed E-state index contributed by atoms with van der Waals surface area (Å²) in [6, 6.07) is 6.02. The fraction of sp³-hybridized carbons (Fsp3) is 0.650. The van der Waals surface area contributed by atoms with Crippen molar-refractivity contribution in [1.82, 2.24) is 4.90 Å². The predicted molar refractivity (Wildman–Crippen MR) is 97.9 cm³/mol. The molecule has 1 aromatic rings. The molecule has 2 heterocycles. The highest BCUT2D eigenvalue weighted by Crippen LogP contribution is 2.44. The van der Waals surface area contributed by atoms with Crippen molar-refractivity contribution in [2.75, 3.05) is 18.0 Å². The quantitative estimate of drug-likeness (QED) is 0.818. The maximum atomic E-state index is 13.2. The molecule has 150 valence electrons. The second kappa shape index (κ2) is 7.34. The Hall–Kier alpha value is -1.76. The van der Waals surface area contributed by atoms with Gasteiger partial charge in [-0.2, -0.15) is 13.2 Å². The van der Waals surface area contributed by atoms with Crippen LogP contribution in [0.2, 0.25) is 0 Å². The molecule has 2 saturated heterocycles. The summed E-state index contributed by atoms with van der Waals surface area (Å²) < 4.78 is 39.5. The van der Waals surface area contributed by atoms with Gasteiger partial charge < -0.3 is 10.0 Å². The minimum Gasteiger partial charge on any atom is -0.481 e. The summed E-state index contributed by atoms with van der Waals surface area (Å²) in [6.07, 6.45) is -0.827. The molecule has 2 aliphatic rings. The van der Waals surface area contributed by atoms with Gasteiger partial charge in [-0.15, -0.1) is 0 Å². The van der Waals surface area contributed by atoms with Crippen LogP contribution in [0.5, 0.6) is 0 Å². The average molecular weight is 384 g/mol. The Bertz CT molecular complexity index is 690. The third-order valence-corrected chi connectivity index (χ3v) is 5.84. The van der Waals surface area contributed by atoms with E-state index in [1.165, 1.54) is 12.1 Å². The molecule has 2 fully saturated rings. The van der Waals surface area contributed by atoms with E-state index in [4.69, 9.17) is 5.11 Å². The maximum absolute atomic E-state index is 13.2. The molecular weight excluding hydrogens is 357 g/mol. The molecule has 1 N–H and O–H groups in total. The molecule has 0 spiro atoms. The number of hydrogen-bond acceptors (Lipinski definition) is 3.